The molecule has 3 aromatic carbocycles. The maximum Gasteiger partial charge on any atom is 0.410 e. The highest BCUT2D eigenvalue weighted by Gasteiger charge is 2.32. The molecule has 0 saturated heterocycles. The van der Waals surface area contributed by atoms with Gasteiger partial charge in [-0.25, -0.2) is 9.59 Å². The molecule has 0 spiro atoms. The van der Waals surface area contributed by atoms with Crippen LogP contribution in [0.4, 0.5) is 4.79 Å². The van der Waals surface area contributed by atoms with E-state index in [9.17, 15) is 14.7 Å². The van der Waals surface area contributed by atoms with Crippen LogP contribution in [0.25, 0.3) is 11.1 Å². The van der Waals surface area contributed by atoms with E-state index < -0.39 is 18.1 Å². The molecule has 1 atom stereocenters. The van der Waals surface area contributed by atoms with Crippen molar-refractivity contribution in [3.05, 3.63) is 95.1 Å². The first-order valence-electron chi connectivity index (χ1n) is 10.3. The van der Waals surface area contributed by atoms with Gasteiger partial charge in [0.25, 0.3) is 0 Å². The molecule has 158 valence electrons. The smallest absolute Gasteiger partial charge is 0.410 e. The average molecular weight is 415 g/mol. The SMILES string of the molecule is Cc1ccc(CC(C(=O)O)N(C)C(=O)OCC2c3ccccc3-c3ccccc32)cc1. The van der Waals surface area contributed by atoms with Gasteiger partial charge in [-0.2, -0.15) is 0 Å². The van der Waals surface area contributed by atoms with E-state index in [0.29, 0.717) is 0 Å². The number of aliphatic carboxylic acids is 1. The molecule has 1 unspecified atom stereocenters. The Balaban J connectivity index is 1.47. The van der Waals surface area contributed by atoms with Gasteiger partial charge in [-0.05, 0) is 34.7 Å². The molecular formula is C26H25NO4. The van der Waals surface area contributed by atoms with E-state index in [-0.39, 0.29) is 18.9 Å². The lowest BCUT2D eigenvalue weighted by Gasteiger charge is -2.25. The van der Waals surface area contributed by atoms with Crippen molar-refractivity contribution in [3.8, 4) is 11.1 Å². The fraction of sp³-hybridized carbons (Fsp3) is 0.231. The number of amides is 1. The molecule has 0 aliphatic heterocycles. The minimum Gasteiger partial charge on any atom is -0.480 e. The number of hydrogen-bond donors (Lipinski definition) is 1. The first-order valence-corrected chi connectivity index (χ1v) is 10.3. The van der Waals surface area contributed by atoms with E-state index in [1.807, 2.05) is 55.5 Å². The number of fused-ring (bicyclic) bond motifs is 3. The van der Waals surface area contributed by atoms with Crippen LogP contribution in [-0.2, 0) is 16.0 Å². The van der Waals surface area contributed by atoms with Gasteiger partial charge in [-0.15, -0.1) is 0 Å². The van der Waals surface area contributed by atoms with Gasteiger partial charge in [-0.3, -0.25) is 4.90 Å². The van der Waals surface area contributed by atoms with Crippen molar-refractivity contribution in [2.24, 2.45) is 0 Å². The van der Waals surface area contributed by atoms with Gasteiger partial charge in [-0.1, -0.05) is 78.4 Å². The molecule has 0 radical (unpaired) electrons. The van der Waals surface area contributed by atoms with Gasteiger partial charge in [0.2, 0.25) is 0 Å². The van der Waals surface area contributed by atoms with Crippen molar-refractivity contribution < 1.29 is 19.4 Å². The Morgan fingerprint density at radius 2 is 1.48 bits per heavy atom. The van der Waals surface area contributed by atoms with E-state index in [1.54, 1.807) is 0 Å². The van der Waals surface area contributed by atoms with E-state index >= 15 is 0 Å². The van der Waals surface area contributed by atoms with Crippen molar-refractivity contribution in [1.82, 2.24) is 4.90 Å². The van der Waals surface area contributed by atoms with Crippen molar-refractivity contribution in [2.45, 2.75) is 25.3 Å². The highest BCUT2D eigenvalue weighted by molar-refractivity contribution is 5.81. The zero-order valence-corrected chi connectivity index (χ0v) is 17.6. The predicted molar refractivity (Wildman–Crippen MR) is 119 cm³/mol. The lowest BCUT2D eigenvalue weighted by Crippen LogP contribution is -2.44. The summed E-state index contributed by atoms with van der Waals surface area (Å²) in [6.45, 7) is 2.13. The second-order valence-corrected chi connectivity index (χ2v) is 7.96. The Morgan fingerprint density at radius 3 is 2.03 bits per heavy atom. The van der Waals surface area contributed by atoms with Crippen LogP contribution in [0.15, 0.2) is 72.8 Å². The summed E-state index contributed by atoms with van der Waals surface area (Å²) in [6, 6.07) is 22.8. The zero-order valence-electron chi connectivity index (χ0n) is 17.6. The van der Waals surface area contributed by atoms with Gasteiger partial charge >= 0.3 is 12.1 Å². The maximum atomic E-state index is 12.8. The molecule has 0 saturated carbocycles. The Morgan fingerprint density at radius 1 is 0.935 bits per heavy atom. The number of likely N-dealkylation sites (N-methyl/N-ethyl adjacent to an activating group) is 1. The number of carbonyl (C=O) groups is 2. The number of benzene rings is 3. The predicted octanol–water partition coefficient (Wildman–Crippen LogP) is 4.87. The number of ether oxygens (including phenoxy) is 1. The molecule has 1 aliphatic rings. The third-order valence-corrected chi connectivity index (χ3v) is 5.93. The number of rotatable bonds is 6. The van der Waals surface area contributed by atoms with E-state index in [4.69, 9.17) is 4.74 Å². The first kappa shape index (κ1) is 20.7. The summed E-state index contributed by atoms with van der Waals surface area (Å²) < 4.78 is 5.61. The van der Waals surface area contributed by atoms with Crippen LogP contribution in [0.3, 0.4) is 0 Å². The summed E-state index contributed by atoms with van der Waals surface area (Å²) in [7, 11) is 1.48. The topological polar surface area (TPSA) is 66.8 Å². The summed E-state index contributed by atoms with van der Waals surface area (Å²) in [4.78, 5) is 25.8. The minimum atomic E-state index is -1.06. The van der Waals surface area contributed by atoms with E-state index in [1.165, 1.54) is 11.9 Å². The monoisotopic (exact) mass is 415 g/mol. The van der Waals surface area contributed by atoms with E-state index in [2.05, 4.69) is 24.3 Å². The fourth-order valence-electron chi connectivity index (χ4n) is 4.16. The molecule has 0 heterocycles. The molecule has 1 N–H and O–H groups in total. The van der Waals surface area contributed by atoms with Crippen molar-refractivity contribution >= 4 is 12.1 Å². The van der Waals surface area contributed by atoms with Gasteiger partial charge < -0.3 is 9.84 Å². The fourth-order valence-corrected chi connectivity index (χ4v) is 4.16. The van der Waals surface area contributed by atoms with Gasteiger partial charge in [0.1, 0.15) is 12.6 Å². The molecular weight excluding hydrogens is 390 g/mol. The van der Waals surface area contributed by atoms with Crippen LogP contribution < -0.4 is 0 Å². The number of carboxylic acids is 1. The highest BCUT2D eigenvalue weighted by atomic mass is 16.6. The average Bonchev–Trinajstić information content (AvgIpc) is 3.10. The number of aryl methyl sites for hydroxylation is 1. The third kappa shape index (κ3) is 4.17. The molecule has 0 bridgehead atoms. The molecule has 0 aromatic heterocycles. The summed E-state index contributed by atoms with van der Waals surface area (Å²) in [5.41, 5.74) is 6.49. The second-order valence-electron chi connectivity index (χ2n) is 7.96. The van der Waals surface area contributed by atoms with Crippen LogP contribution in [0.5, 0.6) is 0 Å². The van der Waals surface area contributed by atoms with Crippen LogP contribution in [0.2, 0.25) is 0 Å². The standard InChI is InChI=1S/C26H25NO4/c1-17-11-13-18(14-12-17)15-24(25(28)29)27(2)26(30)31-16-23-21-9-5-3-7-19(21)20-8-4-6-10-22(20)23/h3-14,23-24H,15-16H2,1-2H3,(H,28,29). The zero-order chi connectivity index (χ0) is 22.0. The third-order valence-electron chi connectivity index (χ3n) is 5.93. The van der Waals surface area contributed by atoms with Crippen LogP contribution in [0, 0.1) is 6.92 Å². The molecule has 1 amide bonds. The number of nitrogens with zero attached hydrogens (tertiary/aromatic N) is 1. The van der Waals surface area contributed by atoms with Gasteiger partial charge in [0, 0.05) is 19.4 Å². The Bertz CT molecular complexity index is 1060. The quantitative estimate of drug-likeness (QED) is 0.624. The number of hydrogen-bond acceptors (Lipinski definition) is 3. The highest BCUT2D eigenvalue weighted by Crippen LogP contribution is 2.44. The number of carboxylic acid groups (broad SMARTS) is 1. The molecule has 5 nitrogen and oxygen atoms in total. The molecule has 31 heavy (non-hydrogen) atoms. The minimum absolute atomic E-state index is 0.0647. The number of carbonyl (C=O) groups excluding carboxylic acids is 1. The van der Waals surface area contributed by atoms with Crippen LogP contribution in [-0.4, -0.2) is 41.8 Å². The van der Waals surface area contributed by atoms with Crippen LogP contribution >= 0.6 is 0 Å². The maximum absolute atomic E-state index is 12.8. The molecule has 4 rings (SSSR count). The Kier molecular flexibility index (Phi) is 5.76. The second kappa shape index (κ2) is 8.64. The van der Waals surface area contributed by atoms with E-state index in [0.717, 1.165) is 33.4 Å². The van der Waals surface area contributed by atoms with Crippen molar-refractivity contribution in [1.29, 1.82) is 0 Å². The van der Waals surface area contributed by atoms with Crippen molar-refractivity contribution in [3.63, 3.8) is 0 Å². The Labute approximate surface area is 181 Å². The molecule has 5 heteroatoms. The van der Waals surface area contributed by atoms with Crippen molar-refractivity contribution in [2.75, 3.05) is 13.7 Å². The molecule has 0 fully saturated rings. The lowest BCUT2D eigenvalue weighted by molar-refractivity contribution is -0.142. The van der Waals surface area contributed by atoms with Gasteiger partial charge in [0.15, 0.2) is 0 Å². The molecule has 1 aliphatic carbocycles. The summed E-state index contributed by atoms with van der Waals surface area (Å²) in [5.74, 6) is -1.12. The van der Waals surface area contributed by atoms with Gasteiger partial charge in [0.05, 0.1) is 0 Å². The Hall–Kier alpha value is -3.60. The molecule has 3 aromatic rings. The summed E-state index contributed by atoms with van der Waals surface area (Å²) >= 11 is 0. The largest absolute Gasteiger partial charge is 0.480 e. The lowest BCUT2D eigenvalue weighted by atomic mass is 9.98. The summed E-state index contributed by atoms with van der Waals surface area (Å²) in [6.07, 6.45) is -0.419. The first-order chi connectivity index (χ1) is 15.0. The van der Waals surface area contributed by atoms with Crippen LogP contribution in [0.1, 0.15) is 28.2 Å². The summed E-state index contributed by atoms with van der Waals surface area (Å²) in [5, 5.41) is 9.70. The normalized spacial score (nSPS) is 13.2.